The molecule has 1 aromatic heterocycles. The van der Waals surface area contributed by atoms with Crippen LogP contribution in [0, 0.1) is 13.8 Å². The largest absolute Gasteiger partial charge is 0.507 e. The second kappa shape index (κ2) is 8.38. The van der Waals surface area contributed by atoms with Crippen LogP contribution in [-0.2, 0) is 9.59 Å². The van der Waals surface area contributed by atoms with Crippen molar-refractivity contribution in [1.82, 2.24) is 9.88 Å². The van der Waals surface area contributed by atoms with Crippen molar-refractivity contribution in [1.29, 1.82) is 0 Å². The molecule has 0 saturated carbocycles. The van der Waals surface area contributed by atoms with Crippen molar-refractivity contribution in [3.63, 3.8) is 0 Å². The molecule has 1 N–H and O–H groups in total. The van der Waals surface area contributed by atoms with Gasteiger partial charge in [0.15, 0.2) is 0 Å². The number of carbonyl (C=O) groups excluding carboxylic acids is 2. The minimum absolute atomic E-state index is 0.119. The summed E-state index contributed by atoms with van der Waals surface area (Å²) in [5.74, 6) is -1.31. The maximum absolute atomic E-state index is 12.9. The Morgan fingerprint density at radius 3 is 2.64 bits per heavy atom. The summed E-state index contributed by atoms with van der Waals surface area (Å²) in [7, 11) is 0. The minimum Gasteiger partial charge on any atom is -0.507 e. The molecule has 1 atom stereocenters. The predicted octanol–water partition coefficient (Wildman–Crippen LogP) is 4.31. The molecule has 0 bridgehead atoms. The van der Waals surface area contributed by atoms with E-state index in [0.29, 0.717) is 12.1 Å². The molecular weight excluding hydrogens is 352 g/mol. The van der Waals surface area contributed by atoms with Gasteiger partial charge in [0.1, 0.15) is 5.76 Å². The highest BCUT2D eigenvalue weighted by molar-refractivity contribution is 6.46. The van der Waals surface area contributed by atoms with Gasteiger partial charge in [0.05, 0.1) is 11.6 Å². The van der Waals surface area contributed by atoms with Crippen molar-refractivity contribution in [2.45, 2.75) is 46.1 Å². The Hall–Kier alpha value is -2.95. The van der Waals surface area contributed by atoms with Crippen LogP contribution in [0.25, 0.3) is 5.76 Å². The quantitative estimate of drug-likeness (QED) is 0.352. The lowest BCUT2D eigenvalue weighted by Gasteiger charge is -2.25. The van der Waals surface area contributed by atoms with Gasteiger partial charge in [0.2, 0.25) is 0 Å². The SMILES string of the molecule is CCCCCN1C(=O)C(=O)/C(=C(/O)c2cc(C)ccc2C)C1c1cccnc1. The van der Waals surface area contributed by atoms with E-state index in [1.165, 1.54) is 0 Å². The lowest BCUT2D eigenvalue weighted by molar-refractivity contribution is -0.139. The third kappa shape index (κ3) is 3.70. The van der Waals surface area contributed by atoms with Crippen molar-refractivity contribution in [2.24, 2.45) is 0 Å². The van der Waals surface area contributed by atoms with Gasteiger partial charge in [-0.3, -0.25) is 14.6 Å². The number of unbranched alkanes of at least 4 members (excludes halogenated alkanes) is 2. The Balaban J connectivity index is 2.15. The smallest absolute Gasteiger partial charge is 0.295 e. The molecule has 2 heterocycles. The summed E-state index contributed by atoms with van der Waals surface area (Å²) in [6, 6.07) is 8.70. The lowest BCUT2D eigenvalue weighted by Crippen LogP contribution is -2.30. The number of rotatable bonds is 6. The number of aliphatic hydroxyl groups is 1. The van der Waals surface area contributed by atoms with Crippen molar-refractivity contribution < 1.29 is 14.7 Å². The average molecular weight is 378 g/mol. The predicted molar refractivity (Wildman–Crippen MR) is 109 cm³/mol. The maximum atomic E-state index is 12.9. The summed E-state index contributed by atoms with van der Waals surface area (Å²) in [6.07, 6.45) is 6.10. The number of hydrogen-bond acceptors (Lipinski definition) is 4. The number of aliphatic hydroxyl groups excluding tert-OH is 1. The maximum Gasteiger partial charge on any atom is 0.295 e. The van der Waals surface area contributed by atoms with Crippen molar-refractivity contribution in [3.05, 3.63) is 70.6 Å². The van der Waals surface area contributed by atoms with Crippen LogP contribution in [0.2, 0.25) is 0 Å². The number of benzene rings is 1. The van der Waals surface area contributed by atoms with Gasteiger partial charge < -0.3 is 10.0 Å². The minimum atomic E-state index is -0.635. The van der Waals surface area contributed by atoms with E-state index in [9.17, 15) is 14.7 Å². The molecule has 1 saturated heterocycles. The first-order chi connectivity index (χ1) is 13.5. The fourth-order valence-electron chi connectivity index (χ4n) is 3.66. The van der Waals surface area contributed by atoms with Gasteiger partial charge in [-0.15, -0.1) is 0 Å². The Kier molecular flexibility index (Phi) is 5.93. The fraction of sp³-hybridized carbons (Fsp3) is 0.348. The molecule has 1 aliphatic heterocycles. The lowest BCUT2D eigenvalue weighted by atomic mass is 9.94. The molecule has 1 fully saturated rings. The number of aromatic nitrogens is 1. The molecule has 1 unspecified atom stereocenters. The summed E-state index contributed by atoms with van der Waals surface area (Å²) in [5.41, 5.74) is 3.28. The van der Waals surface area contributed by atoms with E-state index in [0.717, 1.165) is 36.0 Å². The second-order valence-corrected chi connectivity index (χ2v) is 7.30. The number of pyridine rings is 1. The third-order valence-electron chi connectivity index (χ3n) is 5.19. The Morgan fingerprint density at radius 1 is 1.18 bits per heavy atom. The molecule has 1 aliphatic rings. The molecule has 1 aromatic carbocycles. The van der Waals surface area contributed by atoms with Gasteiger partial charge >= 0.3 is 0 Å². The van der Waals surface area contributed by atoms with E-state index in [-0.39, 0.29) is 11.3 Å². The van der Waals surface area contributed by atoms with E-state index in [4.69, 9.17) is 0 Å². The number of amides is 1. The van der Waals surface area contributed by atoms with E-state index >= 15 is 0 Å². The van der Waals surface area contributed by atoms with Crippen LogP contribution in [0.5, 0.6) is 0 Å². The molecule has 2 aromatic rings. The molecule has 0 aliphatic carbocycles. The normalized spacial score (nSPS) is 18.7. The Morgan fingerprint density at radius 2 is 1.96 bits per heavy atom. The first-order valence-corrected chi connectivity index (χ1v) is 9.71. The summed E-state index contributed by atoms with van der Waals surface area (Å²) in [4.78, 5) is 31.4. The molecule has 1 amide bonds. The fourth-order valence-corrected chi connectivity index (χ4v) is 3.66. The zero-order valence-electron chi connectivity index (χ0n) is 16.6. The van der Waals surface area contributed by atoms with Gasteiger partial charge in [-0.2, -0.15) is 0 Å². The molecule has 28 heavy (non-hydrogen) atoms. The number of ketones is 1. The molecule has 146 valence electrons. The topological polar surface area (TPSA) is 70.5 Å². The van der Waals surface area contributed by atoms with Gasteiger partial charge in [-0.25, -0.2) is 0 Å². The second-order valence-electron chi connectivity index (χ2n) is 7.30. The van der Waals surface area contributed by atoms with E-state index in [1.807, 2.05) is 38.1 Å². The molecule has 0 radical (unpaired) electrons. The first-order valence-electron chi connectivity index (χ1n) is 9.71. The third-order valence-corrected chi connectivity index (χ3v) is 5.19. The van der Waals surface area contributed by atoms with Gasteiger partial charge in [-0.1, -0.05) is 43.5 Å². The number of carbonyl (C=O) groups is 2. The number of aryl methyl sites for hydroxylation is 2. The standard InChI is InChI=1S/C23H26N2O3/c1-4-5-6-12-25-20(17-8-7-11-24-14-17)19(22(27)23(25)28)21(26)18-13-15(2)9-10-16(18)3/h7-11,13-14,20,26H,4-6,12H2,1-3H3/b21-19+. The van der Waals surface area contributed by atoms with Crippen LogP contribution in [0.1, 0.15) is 54.5 Å². The van der Waals surface area contributed by atoms with Crippen LogP contribution in [-0.4, -0.2) is 33.2 Å². The van der Waals surface area contributed by atoms with Crippen molar-refractivity contribution in [3.8, 4) is 0 Å². The summed E-state index contributed by atoms with van der Waals surface area (Å²) >= 11 is 0. The van der Waals surface area contributed by atoms with Gasteiger partial charge in [-0.05, 0) is 43.5 Å². The number of Topliss-reactive ketones (excluding diaryl/α,β-unsaturated/α-hetero) is 1. The highest BCUT2D eigenvalue weighted by Crippen LogP contribution is 2.39. The van der Waals surface area contributed by atoms with E-state index in [2.05, 4.69) is 11.9 Å². The van der Waals surface area contributed by atoms with E-state index in [1.54, 1.807) is 23.4 Å². The molecular formula is C23H26N2O3. The summed E-state index contributed by atoms with van der Waals surface area (Å²) in [5, 5.41) is 11.1. The molecule has 5 heteroatoms. The van der Waals surface area contributed by atoms with Crippen LogP contribution < -0.4 is 0 Å². The van der Waals surface area contributed by atoms with Gasteiger partial charge in [0, 0.05) is 24.5 Å². The molecule has 3 rings (SSSR count). The highest BCUT2D eigenvalue weighted by Gasteiger charge is 2.45. The van der Waals surface area contributed by atoms with Crippen LogP contribution >= 0.6 is 0 Å². The monoisotopic (exact) mass is 378 g/mol. The Bertz CT molecular complexity index is 919. The number of nitrogens with zero attached hydrogens (tertiary/aromatic N) is 2. The van der Waals surface area contributed by atoms with Crippen molar-refractivity contribution in [2.75, 3.05) is 6.54 Å². The van der Waals surface area contributed by atoms with E-state index < -0.39 is 17.7 Å². The number of hydrogen-bond donors (Lipinski definition) is 1. The van der Waals surface area contributed by atoms with Crippen LogP contribution in [0.3, 0.4) is 0 Å². The van der Waals surface area contributed by atoms with Gasteiger partial charge in [0.25, 0.3) is 11.7 Å². The van der Waals surface area contributed by atoms with Crippen molar-refractivity contribution >= 4 is 17.4 Å². The average Bonchev–Trinajstić information content (AvgIpc) is 2.95. The Labute approximate surface area is 165 Å². The molecule has 5 nitrogen and oxygen atoms in total. The summed E-state index contributed by atoms with van der Waals surface area (Å²) in [6.45, 7) is 6.37. The van der Waals surface area contributed by atoms with Crippen LogP contribution in [0.15, 0.2) is 48.3 Å². The first kappa shape index (κ1) is 19.8. The summed E-state index contributed by atoms with van der Waals surface area (Å²) < 4.78 is 0. The molecule has 0 spiro atoms. The van der Waals surface area contributed by atoms with Crippen LogP contribution in [0.4, 0.5) is 0 Å². The zero-order chi connectivity index (χ0) is 20.3. The zero-order valence-corrected chi connectivity index (χ0v) is 16.6. The highest BCUT2D eigenvalue weighted by atomic mass is 16.3. The number of likely N-dealkylation sites (tertiary alicyclic amines) is 1.